The van der Waals surface area contributed by atoms with E-state index < -0.39 is 0 Å². The van der Waals surface area contributed by atoms with Gasteiger partial charge in [0.2, 0.25) is 0 Å². The van der Waals surface area contributed by atoms with Crippen molar-refractivity contribution in [3.05, 3.63) is 54.4 Å². The molecule has 0 aliphatic carbocycles. The maximum atomic E-state index is 12.7. The Kier molecular flexibility index (Phi) is 3.81. The zero-order valence-corrected chi connectivity index (χ0v) is 13.6. The van der Waals surface area contributed by atoms with Crippen molar-refractivity contribution in [3.8, 4) is 22.9 Å². The third-order valence-electron chi connectivity index (χ3n) is 3.79. The van der Waals surface area contributed by atoms with Gasteiger partial charge in [0.05, 0.1) is 5.56 Å². The first-order chi connectivity index (χ1) is 12.2. The standard InChI is InChI=1S/C18H16N4O3/c1-22-11-19-17(21-22)12-4-2-5-13(10-12)20-18(23)14-6-3-7-15-16(14)25-9-8-24-15/h2-7,10-11H,8-9H2,1H3,(H,20,23). The predicted octanol–water partition coefficient (Wildman–Crippen LogP) is 2.51. The summed E-state index contributed by atoms with van der Waals surface area (Å²) in [7, 11) is 1.81. The lowest BCUT2D eigenvalue weighted by molar-refractivity contribution is 0.101. The number of carbonyl (C=O) groups excluding carboxylic acids is 1. The maximum Gasteiger partial charge on any atom is 0.259 e. The number of carbonyl (C=O) groups is 1. The summed E-state index contributed by atoms with van der Waals surface area (Å²) < 4.78 is 12.8. The number of nitrogens with one attached hydrogen (secondary N) is 1. The molecule has 0 radical (unpaired) electrons. The summed E-state index contributed by atoms with van der Waals surface area (Å²) in [4.78, 5) is 16.9. The number of aromatic nitrogens is 3. The highest BCUT2D eigenvalue weighted by Crippen LogP contribution is 2.34. The average Bonchev–Trinajstić information content (AvgIpc) is 3.08. The van der Waals surface area contributed by atoms with Crippen LogP contribution in [0.5, 0.6) is 11.5 Å². The number of ether oxygens (including phenoxy) is 2. The molecule has 0 spiro atoms. The Bertz CT molecular complexity index is 936. The van der Waals surface area contributed by atoms with Gasteiger partial charge in [-0.3, -0.25) is 9.48 Å². The van der Waals surface area contributed by atoms with E-state index in [1.807, 2.05) is 31.3 Å². The van der Waals surface area contributed by atoms with Crippen molar-refractivity contribution in [2.24, 2.45) is 7.05 Å². The summed E-state index contributed by atoms with van der Waals surface area (Å²) in [6, 6.07) is 12.7. The van der Waals surface area contributed by atoms with Gasteiger partial charge in [-0.15, -0.1) is 0 Å². The van der Waals surface area contributed by atoms with Crippen molar-refractivity contribution in [1.29, 1.82) is 0 Å². The second kappa shape index (κ2) is 6.27. The minimum Gasteiger partial charge on any atom is -0.486 e. The summed E-state index contributed by atoms with van der Waals surface area (Å²) in [5, 5.41) is 7.16. The monoisotopic (exact) mass is 336 g/mol. The topological polar surface area (TPSA) is 78.3 Å². The van der Waals surface area contributed by atoms with E-state index in [1.54, 1.807) is 29.2 Å². The fraction of sp³-hybridized carbons (Fsp3) is 0.167. The van der Waals surface area contributed by atoms with Crippen molar-refractivity contribution in [2.75, 3.05) is 18.5 Å². The molecule has 7 heteroatoms. The van der Waals surface area contributed by atoms with Crippen LogP contribution >= 0.6 is 0 Å². The van der Waals surface area contributed by atoms with Crippen LogP contribution in [0.25, 0.3) is 11.4 Å². The minimum atomic E-state index is -0.256. The molecule has 0 atom stereocenters. The fourth-order valence-electron chi connectivity index (χ4n) is 2.66. The van der Waals surface area contributed by atoms with Crippen molar-refractivity contribution >= 4 is 11.6 Å². The Balaban J connectivity index is 1.60. The summed E-state index contributed by atoms with van der Waals surface area (Å²) in [6.07, 6.45) is 1.63. The first-order valence-corrected chi connectivity index (χ1v) is 7.87. The maximum absolute atomic E-state index is 12.7. The number of aryl methyl sites for hydroxylation is 1. The molecule has 1 amide bonds. The molecule has 2 aromatic carbocycles. The van der Waals surface area contributed by atoms with E-state index in [4.69, 9.17) is 9.47 Å². The molecule has 7 nitrogen and oxygen atoms in total. The Morgan fingerprint density at radius 3 is 2.84 bits per heavy atom. The molecule has 25 heavy (non-hydrogen) atoms. The molecule has 4 rings (SSSR count). The first-order valence-electron chi connectivity index (χ1n) is 7.87. The fourth-order valence-corrected chi connectivity index (χ4v) is 2.66. The average molecular weight is 336 g/mol. The Labute approximate surface area is 144 Å². The number of rotatable bonds is 3. The number of benzene rings is 2. The van der Waals surface area contributed by atoms with Crippen LogP contribution in [0.15, 0.2) is 48.8 Å². The van der Waals surface area contributed by atoms with E-state index in [1.165, 1.54) is 0 Å². The van der Waals surface area contributed by atoms with Gasteiger partial charge in [0, 0.05) is 18.3 Å². The van der Waals surface area contributed by atoms with Gasteiger partial charge in [-0.05, 0) is 24.3 Å². The molecule has 0 saturated carbocycles. The highest BCUT2D eigenvalue weighted by molar-refractivity contribution is 6.07. The van der Waals surface area contributed by atoms with Crippen LogP contribution in [0.4, 0.5) is 5.69 Å². The van der Waals surface area contributed by atoms with Crippen LogP contribution in [-0.2, 0) is 7.05 Å². The Morgan fingerprint density at radius 1 is 1.16 bits per heavy atom. The van der Waals surface area contributed by atoms with Crippen LogP contribution in [-0.4, -0.2) is 33.9 Å². The lowest BCUT2D eigenvalue weighted by atomic mass is 10.1. The highest BCUT2D eigenvalue weighted by atomic mass is 16.6. The van der Waals surface area contributed by atoms with Gasteiger partial charge in [-0.25, -0.2) is 4.98 Å². The van der Waals surface area contributed by atoms with Gasteiger partial charge >= 0.3 is 0 Å². The van der Waals surface area contributed by atoms with Crippen LogP contribution in [0.2, 0.25) is 0 Å². The Hall–Kier alpha value is -3.35. The molecular weight excluding hydrogens is 320 g/mol. The van der Waals surface area contributed by atoms with E-state index in [-0.39, 0.29) is 5.91 Å². The quantitative estimate of drug-likeness (QED) is 0.795. The number of nitrogens with zero attached hydrogens (tertiary/aromatic N) is 3. The van der Waals surface area contributed by atoms with Crippen LogP contribution in [0, 0.1) is 0 Å². The van der Waals surface area contributed by atoms with Crippen molar-refractivity contribution in [2.45, 2.75) is 0 Å². The third-order valence-corrected chi connectivity index (χ3v) is 3.79. The number of fused-ring (bicyclic) bond motifs is 1. The third kappa shape index (κ3) is 3.03. The molecule has 0 bridgehead atoms. The zero-order chi connectivity index (χ0) is 17.2. The van der Waals surface area contributed by atoms with Gasteiger partial charge in [0.15, 0.2) is 17.3 Å². The molecule has 1 aliphatic heterocycles. The van der Waals surface area contributed by atoms with Crippen molar-refractivity contribution < 1.29 is 14.3 Å². The molecule has 2 heterocycles. The predicted molar refractivity (Wildman–Crippen MR) is 91.8 cm³/mol. The summed E-state index contributed by atoms with van der Waals surface area (Å²) in [5.74, 6) is 1.42. The van der Waals surface area contributed by atoms with E-state index in [9.17, 15) is 4.79 Å². The smallest absolute Gasteiger partial charge is 0.259 e. The lowest BCUT2D eigenvalue weighted by Gasteiger charge is -2.20. The number of hydrogen-bond donors (Lipinski definition) is 1. The number of anilines is 1. The minimum absolute atomic E-state index is 0.256. The van der Waals surface area contributed by atoms with E-state index in [2.05, 4.69) is 15.4 Å². The van der Waals surface area contributed by atoms with Gasteiger partial charge in [0.1, 0.15) is 19.5 Å². The number of para-hydroxylation sites is 1. The molecule has 3 aromatic rings. The molecule has 0 saturated heterocycles. The van der Waals surface area contributed by atoms with Crippen molar-refractivity contribution in [1.82, 2.24) is 14.8 Å². The molecule has 0 unspecified atom stereocenters. The van der Waals surface area contributed by atoms with Crippen LogP contribution in [0.3, 0.4) is 0 Å². The normalized spacial score (nSPS) is 12.7. The van der Waals surface area contributed by atoms with Gasteiger partial charge in [-0.1, -0.05) is 18.2 Å². The molecule has 0 fully saturated rings. The molecule has 1 aromatic heterocycles. The van der Waals surface area contributed by atoms with Crippen LogP contribution < -0.4 is 14.8 Å². The SMILES string of the molecule is Cn1cnc(-c2cccc(NC(=O)c3cccc4c3OCCO4)c2)n1. The van der Waals surface area contributed by atoms with E-state index in [0.717, 1.165) is 5.56 Å². The van der Waals surface area contributed by atoms with Crippen molar-refractivity contribution in [3.63, 3.8) is 0 Å². The second-order valence-electron chi connectivity index (χ2n) is 5.61. The van der Waals surface area contributed by atoms with Gasteiger partial charge < -0.3 is 14.8 Å². The summed E-state index contributed by atoms with van der Waals surface area (Å²) in [5.41, 5.74) is 1.93. The summed E-state index contributed by atoms with van der Waals surface area (Å²) in [6.45, 7) is 0.912. The van der Waals surface area contributed by atoms with Crippen LogP contribution in [0.1, 0.15) is 10.4 Å². The van der Waals surface area contributed by atoms with E-state index >= 15 is 0 Å². The largest absolute Gasteiger partial charge is 0.486 e. The zero-order valence-electron chi connectivity index (χ0n) is 13.6. The van der Waals surface area contributed by atoms with Gasteiger partial charge in [-0.2, -0.15) is 5.10 Å². The molecule has 1 aliphatic rings. The molecule has 126 valence electrons. The molecule has 1 N–H and O–H groups in total. The van der Waals surface area contributed by atoms with E-state index in [0.29, 0.717) is 41.8 Å². The number of amides is 1. The Morgan fingerprint density at radius 2 is 2.00 bits per heavy atom. The second-order valence-corrected chi connectivity index (χ2v) is 5.61. The highest BCUT2D eigenvalue weighted by Gasteiger charge is 2.20. The summed E-state index contributed by atoms with van der Waals surface area (Å²) >= 11 is 0. The number of hydrogen-bond acceptors (Lipinski definition) is 5. The van der Waals surface area contributed by atoms with Gasteiger partial charge in [0.25, 0.3) is 5.91 Å². The lowest BCUT2D eigenvalue weighted by Crippen LogP contribution is -2.20. The first kappa shape index (κ1) is 15.2. The molecular formula is C18H16N4O3.